The highest BCUT2D eigenvalue weighted by molar-refractivity contribution is 6.30. The van der Waals surface area contributed by atoms with Crippen molar-refractivity contribution in [3.63, 3.8) is 0 Å². The predicted octanol–water partition coefficient (Wildman–Crippen LogP) is 4.40. The van der Waals surface area contributed by atoms with Crippen molar-refractivity contribution in [2.24, 2.45) is 5.92 Å². The molecule has 0 spiro atoms. The van der Waals surface area contributed by atoms with Gasteiger partial charge in [-0.25, -0.2) is 4.79 Å². The molecule has 2 aliphatic rings. The van der Waals surface area contributed by atoms with Gasteiger partial charge in [-0.1, -0.05) is 41.9 Å². The molecule has 1 saturated heterocycles. The first-order chi connectivity index (χ1) is 14.1. The fourth-order valence-electron chi connectivity index (χ4n) is 3.88. The number of amides is 3. The number of halogens is 1. The van der Waals surface area contributed by atoms with E-state index in [4.69, 9.17) is 11.6 Å². The van der Waals surface area contributed by atoms with Crippen LogP contribution < -0.4 is 10.6 Å². The second-order valence-corrected chi connectivity index (χ2v) is 8.35. The first-order valence-corrected chi connectivity index (χ1v) is 10.6. The van der Waals surface area contributed by atoms with E-state index in [9.17, 15) is 9.59 Å². The number of nitrogens with zero attached hydrogens (tertiary/aromatic N) is 1. The molecule has 0 radical (unpaired) electrons. The zero-order chi connectivity index (χ0) is 20.2. The van der Waals surface area contributed by atoms with Crippen molar-refractivity contribution in [3.05, 3.63) is 70.7 Å². The van der Waals surface area contributed by atoms with E-state index in [2.05, 4.69) is 10.6 Å². The summed E-state index contributed by atoms with van der Waals surface area (Å²) in [5, 5.41) is 7.01. The van der Waals surface area contributed by atoms with Crippen LogP contribution in [0.1, 0.15) is 47.6 Å². The van der Waals surface area contributed by atoms with Crippen LogP contribution in [0, 0.1) is 5.92 Å². The molecule has 2 N–H and O–H groups in total. The second kappa shape index (κ2) is 8.87. The molecular formula is C23H26ClN3O2. The van der Waals surface area contributed by atoms with Gasteiger partial charge in [0.1, 0.15) is 0 Å². The lowest BCUT2D eigenvalue weighted by atomic mass is 10.0. The predicted molar refractivity (Wildman–Crippen MR) is 114 cm³/mol. The van der Waals surface area contributed by atoms with Crippen LogP contribution in [0.2, 0.25) is 5.02 Å². The summed E-state index contributed by atoms with van der Waals surface area (Å²) in [6.45, 7) is 1.28. The van der Waals surface area contributed by atoms with Crippen molar-refractivity contribution in [2.75, 3.05) is 13.1 Å². The molecule has 0 aromatic heterocycles. The van der Waals surface area contributed by atoms with Crippen molar-refractivity contribution in [3.8, 4) is 0 Å². The highest BCUT2D eigenvalue weighted by Crippen LogP contribution is 2.41. The molecule has 2 aromatic carbocycles. The van der Waals surface area contributed by atoms with Crippen molar-refractivity contribution in [1.29, 1.82) is 0 Å². The molecule has 1 saturated carbocycles. The first-order valence-electron chi connectivity index (χ1n) is 10.3. The number of urea groups is 1. The number of hydrogen-bond donors (Lipinski definition) is 2. The molecule has 1 atom stereocenters. The van der Waals surface area contributed by atoms with Crippen LogP contribution in [0.5, 0.6) is 0 Å². The summed E-state index contributed by atoms with van der Waals surface area (Å²) in [7, 11) is 0. The number of benzene rings is 2. The fraction of sp³-hybridized carbons (Fsp3) is 0.391. The Morgan fingerprint density at radius 2 is 1.59 bits per heavy atom. The van der Waals surface area contributed by atoms with Gasteiger partial charge in [0.05, 0.1) is 6.04 Å². The second-order valence-electron chi connectivity index (χ2n) is 7.92. The van der Waals surface area contributed by atoms with E-state index in [1.807, 2.05) is 59.5 Å². The summed E-state index contributed by atoms with van der Waals surface area (Å²) in [6.07, 6.45) is 3.81. The van der Waals surface area contributed by atoms with Crippen LogP contribution in [0.15, 0.2) is 54.6 Å². The normalized spacial score (nSPS) is 18.2. The number of hydrogen-bond acceptors (Lipinski definition) is 2. The number of piperidine rings is 1. The van der Waals surface area contributed by atoms with Crippen molar-refractivity contribution in [2.45, 2.75) is 37.8 Å². The zero-order valence-electron chi connectivity index (χ0n) is 16.3. The summed E-state index contributed by atoms with van der Waals surface area (Å²) in [4.78, 5) is 27.0. The Balaban J connectivity index is 1.29. The van der Waals surface area contributed by atoms with Crippen LogP contribution in [0.3, 0.4) is 0 Å². The standard InChI is InChI=1S/C23H26ClN3O2/c24-19-10-8-17(9-11-19)21(16-6-7-16)26-23(29)27-14-12-20(13-15-27)25-22(28)18-4-2-1-3-5-18/h1-5,8-11,16,20-21H,6-7,12-15H2,(H,25,28)(H,26,29). The summed E-state index contributed by atoms with van der Waals surface area (Å²) in [6, 6.07) is 17.1. The van der Waals surface area contributed by atoms with Gasteiger partial charge in [-0.15, -0.1) is 0 Å². The SMILES string of the molecule is O=C(NC1CCN(C(=O)NC(c2ccc(Cl)cc2)C2CC2)CC1)c1ccccc1. The van der Waals surface area contributed by atoms with Crippen molar-refractivity contribution >= 4 is 23.5 Å². The maximum Gasteiger partial charge on any atom is 0.317 e. The van der Waals surface area contributed by atoms with Gasteiger partial charge >= 0.3 is 6.03 Å². The molecule has 1 heterocycles. The van der Waals surface area contributed by atoms with E-state index < -0.39 is 0 Å². The van der Waals surface area contributed by atoms with E-state index in [0.717, 1.165) is 31.2 Å². The van der Waals surface area contributed by atoms with E-state index in [-0.39, 0.29) is 24.0 Å². The number of likely N-dealkylation sites (tertiary alicyclic amines) is 1. The average molecular weight is 412 g/mol. The summed E-state index contributed by atoms with van der Waals surface area (Å²) < 4.78 is 0. The highest BCUT2D eigenvalue weighted by atomic mass is 35.5. The maximum absolute atomic E-state index is 12.8. The maximum atomic E-state index is 12.8. The molecule has 29 heavy (non-hydrogen) atoms. The third-order valence-corrected chi connectivity index (χ3v) is 6.01. The average Bonchev–Trinajstić information content (AvgIpc) is 3.59. The smallest absolute Gasteiger partial charge is 0.317 e. The van der Waals surface area contributed by atoms with Gasteiger partial charge in [0, 0.05) is 29.7 Å². The molecule has 4 rings (SSSR count). The highest BCUT2D eigenvalue weighted by Gasteiger charge is 2.35. The lowest BCUT2D eigenvalue weighted by molar-refractivity contribution is 0.0917. The number of carbonyl (C=O) groups is 2. The summed E-state index contributed by atoms with van der Waals surface area (Å²) in [5.41, 5.74) is 1.78. The van der Waals surface area contributed by atoms with E-state index in [0.29, 0.717) is 29.6 Å². The van der Waals surface area contributed by atoms with Gasteiger partial charge in [0.25, 0.3) is 5.91 Å². The minimum Gasteiger partial charge on any atom is -0.349 e. The minimum atomic E-state index is -0.0509. The lowest BCUT2D eigenvalue weighted by Gasteiger charge is -2.33. The van der Waals surface area contributed by atoms with Crippen LogP contribution in [-0.4, -0.2) is 36.0 Å². The Kier molecular flexibility index (Phi) is 6.05. The van der Waals surface area contributed by atoms with Crippen LogP contribution in [0.4, 0.5) is 4.79 Å². The molecule has 5 nitrogen and oxygen atoms in total. The largest absolute Gasteiger partial charge is 0.349 e. The third-order valence-electron chi connectivity index (χ3n) is 5.75. The lowest BCUT2D eigenvalue weighted by Crippen LogP contribution is -2.50. The van der Waals surface area contributed by atoms with Crippen molar-refractivity contribution < 1.29 is 9.59 Å². The molecule has 3 amide bonds. The molecule has 2 fully saturated rings. The molecule has 1 aliphatic heterocycles. The van der Waals surface area contributed by atoms with Crippen LogP contribution in [-0.2, 0) is 0 Å². The molecule has 0 bridgehead atoms. The molecular weight excluding hydrogens is 386 g/mol. The molecule has 152 valence electrons. The Hall–Kier alpha value is -2.53. The third kappa shape index (κ3) is 5.10. The van der Waals surface area contributed by atoms with Crippen molar-refractivity contribution in [1.82, 2.24) is 15.5 Å². The minimum absolute atomic E-state index is 0.0234. The van der Waals surface area contributed by atoms with Gasteiger partial charge in [-0.3, -0.25) is 4.79 Å². The monoisotopic (exact) mass is 411 g/mol. The van der Waals surface area contributed by atoms with E-state index >= 15 is 0 Å². The number of rotatable bonds is 5. The van der Waals surface area contributed by atoms with Gasteiger partial charge in [-0.05, 0) is 61.4 Å². The van der Waals surface area contributed by atoms with E-state index in [1.54, 1.807) is 0 Å². The quantitative estimate of drug-likeness (QED) is 0.766. The Morgan fingerprint density at radius 3 is 2.21 bits per heavy atom. The number of nitrogens with one attached hydrogen (secondary N) is 2. The first kappa shape index (κ1) is 19.8. The molecule has 6 heteroatoms. The fourth-order valence-corrected chi connectivity index (χ4v) is 4.01. The van der Waals surface area contributed by atoms with E-state index in [1.165, 1.54) is 0 Å². The Labute approximate surface area is 176 Å². The van der Waals surface area contributed by atoms with Crippen LogP contribution >= 0.6 is 11.6 Å². The van der Waals surface area contributed by atoms with Crippen LogP contribution in [0.25, 0.3) is 0 Å². The topological polar surface area (TPSA) is 61.4 Å². The Bertz CT molecular complexity index is 844. The molecule has 1 aliphatic carbocycles. The zero-order valence-corrected chi connectivity index (χ0v) is 17.1. The van der Waals surface area contributed by atoms with Gasteiger partial charge < -0.3 is 15.5 Å². The summed E-state index contributed by atoms with van der Waals surface area (Å²) >= 11 is 6.00. The van der Waals surface area contributed by atoms with Gasteiger partial charge in [0.15, 0.2) is 0 Å². The van der Waals surface area contributed by atoms with Gasteiger partial charge in [0.2, 0.25) is 0 Å². The Morgan fingerprint density at radius 1 is 0.931 bits per heavy atom. The molecule has 2 aromatic rings. The molecule has 1 unspecified atom stereocenters. The number of carbonyl (C=O) groups excluding carboxylic acids is 2. The van der Waals surface area contributed by atoms with Gasteiger partial charge in [-0.2, -0.15) is 0 Å². The summed E-state index contributed by atoms with van der Waals surface area (Å²) in [5.74, 6) is 0.452.